The Bertz CT molecular complexity index is 447. The Morgan fingerprint density at radius 2 is 2.40 bits per heavy atom. The van der Waals surface area contributed by atoms with Crippen LogP contribution in [-0.4, -0.2) is 50.1 Å². The molecule has 2 heterocycles. The van der Waals surface area contributed by atoms with Crippen molar-refractivity contribution >= 4 is 23.2 Å². The Hall–Kier alpha value is -1.40. The lowest BCUT2D eigenvalue weighted by Gasteiger charge is -2.31. The van der Waals surface area contributed by atoms with E-state index in [-0.39, 0.29) is 17.7 Å². The first-order valence-electron chi connectivity index (χ1n) is 6.82. The average Bonchev–Trinajstić information content (AvgIpc) is 3.01. The number of hydrogen-bond donors (Lipinski definition) is 1. The molecule has 1 aromatic rings. The first-order valence-corrected chi connectivity index (χ1v) is 7.69. The van der Waals surface area contributed by atoms with Crippen molar-refractivity contribution < 1.29 is 14.3 Å². The summed E-state index contributed by atoms with van der Waals surface area (Å²) in [7, 11) is 1.61. The minimum Gasteiger partial charge on any atom is -0.383 e. The van der Waals surface area contributed by atoms with Crippen molar-refractivity contribution in [3.63, 3.8) is 0 Å². The fourth-order valence-corrected chi connectivity index (χ4v) is 3.04. The van der Waals surface area contributed by atoms with E-state index in [1.54, 1.807) is 12.0 Å². The number of carbonyl (C=O) groups is 2. The van der Waals surface area contributed by atoms with Crippen LogP contribution < -0.4 is 5.32 Å². The highest BCUT2D eigenvalue weighted by Crippen LogP contribution is 2.20. The van der Waals surface area contributed by atoms with Crippen LogP contribution in [0, 0.1) is 5.92 Å². The van der Waals surface area contributed by atoms with E-state index in [0.717, 1.165) is 24.3 Å². The van der Waals surface area contributed by atoms with E-state index in [2.05, 4.69) is 5.32 Å². The van der Waals surface area contributed by atoms with Crippen molar-refractivity contribution in [1.82, 2.24) is 10.2 Å². The minimum atomic E-state index is -0.107. The van der Waals surface area contributed by atoms with Gasteiger partial charge in [-0.3, -0.25) is 9.59 Å². The molecule has 1 fully saturated rings. The molecule has 1 aromatic heterocycles. The summed E-state index contributed by atoms with van der Waals surface area (Å²) in [5, 5.41) is 4.74. The number of ether oxygens (including phenoxy) is 1. The van der Waals surface area contributed by atoms with Gasteiger partial charge in [-0.2, -0.15) is 0 Å². The molecule has 5 nitrogen and oxygen atoms in total. The van der Waals surface area contributed by atoms with Gasteiger partial charge in [-0.05, 0) is 24.3 Å². The Kier molecular flexibility index (Phi) is 5.55. The zero-order chi connectivity index (χ0) is 14.4. The molecule has 2 rings (SSSR count). The summed E-state index contributed by atoms with van der Waals surface area (Å²) >= 11 is 1.44. The van der Waals surface area contributed by atoms with E-state index in [1.807, 2.05) is 17.5 Å². The number of hydrogen-bond acceptors (Lipinski definition) is 4. The number of methoxy groups -OCH3 is 1. The molecule has 0 unspecified atom stereocenters. The van der Waals surface area contributed by atoms with Gasteiger partial charge in [-0.15, -0.1) is 11.3 Å². The lowest BCUT2D eigenvalue weighted by molar-refractivity contribution is -0.126. The largest absolute Gasteiger partial charge is 0.383 e. The van der Waals surface area contributed by atoms with Gasteiger partial charge in [0.15, 0.2) is 0 Å². The van der Waals surface area contributed by atoms with Gasteiger partial charge in [0.2, 0.25) is 5.91 Å². The Labute approximate surface area is 122 Å². The van der Waals surface area contributed by atoms with Crippen molar-refractivity contribution in [2.24, 2.45) is 5.92 Å². The van der Waals surface area contributed by atoms with Crippen molar-refractivity contribution in [1.29, 1.82) is 0 Å². The second-order valence-electron chi connectivity index (χ2n) is 4.85. The predicted octanol–water partition coefficient (Wildman–Crippen LogP) is 1.36. The molecule has 1 N–H and O–H groups in total. The highest BCUT2D eigenvalue weighted by Gasteiger charge is 2.28. The van der Waals surface area contributed by atoms with Crippen molar-refractivity contribution in [2.75, 3.05) is 33.4 Å². The van der Waals surface area contributed by atoms with Gasteiger partial charge in [-0.1, -0.05) is 6.07 Å². The van der Waals surface area contributed by atoms with Gasteiger partial charge in [-0.25, -0.2) is 0 Å². The second kappa shape index (κ2) is 7.40. The number of rotatable bonds is 5. The number of amides is 2. The third kappa shape index (κ3) is 3.80. The lowest BCUT2D eigenvalue weighted by atomic mass is 9.97. The van der Waals surface area contributed by atoms with Gasteiger partial charge in [0, 0.05) is 26.7 Å². The molecule has 6 heteroatoms. The van der Waals surface area contributed by atoms with Crippen molar-refractivity contribution in [3.8, 4) is 0 Å². The molecule has 0 spiro atoms. The highest BCUT2D eigenvalue weighted by atomic mass is 32.1. The number of likely N-dealkylation sites (tertiary alicyclic amines) is 1. The zero-order valence-corrected chi connectivity index (χ0v) is 12.4. The maximum atomic E-state index is 12.3. The minimum absolute atomic E-state index is 0.0192. The smallest absolute Gasteiger partial charge is 0.263 e. The number of piperidine rings is 1. The lowest BCUT2D eigenvalue weighted by Crippen LogP contribution is -2.45. The van der Waals surface area contributed by atoms with Crippen LogP contribution in [0.5, 0.6) is 0 Å². The second-order valence-corrected chi connectivity index (χ2v) is 5.80. The molecule has 1 aliphatic heterocycles. The van der Waals surface area contributed by atoms with Gasteiger partial charge >= 0.3 is 0 Å². The van der Waals surface area contributed by atoms with E-state index in [1.165, 1.54) is 11.3 Å². The molecular formula is C14H20N2O3S. The van der Waals surface area contributed by atoms with E-state index in [9.17, 15) is 9.59 Å². The summed E-state index contributed by atoms with van der Waals surface area (Å²) in [5.74, 6) is -0.0513. The summed E-state index contributed by atoms with van der Waals surface area (Å²) in [5.41, 5.74) is 0. The third-order valence-corrected chi connectivity index (χ3v) is 4.27. The van der Waals surface area contributed by atoms with E-state index < -0.39 is 0 Å². The van der Waals surface area contributed by atoms with Crippen LogP contribution >= 0.6 is 11.3 Å². The molecule has 0 saturated carbocycles. The fourth-order valence-electron chi connectivity index (χ4n) is 2.35. The molecule has 20 heavy (non-hydrogen) atoms. The average molecular weight is 296 g/mol. The van der Waals surface area contributed by atoms with Crippen molar-refractivity contribution in [3.05, 3.63) is 22.4 Å². The summed E-state index contributed by atoms with van der Waals surface area (Å²) in [6, 6.07) is 3.70. The summed E-state index contributed by atoms with van der Waals surface area (Å²) in [4.78, 5) is 26.8. The van der Waals surface area contributed by atoms with Crippen LogP contribution in [0.25, 0.3) is 0 Å². The van der Waals surface area contributed by atoms with Crippen LogP contribution in [-0.2, 0) is 9.53 Å². The maximum absolute atomic E-state index is 12.3. The number of nitrogens with one attached hydrogen (secondary N) is 1. The third-order valence-electron chi connectivity index (χ3n) is 3.42. The molecule has 0 bridgehead atoms. The molecule has 110 valence electrons. The molecular weight excluding hydrogens is 276 g/mol. The summed E-state index contributed by atoms with van der Waals surface area (Å²) in [6.45, 7) is 2.27. The van der Waals surface area contributed by atoms with Crippen LogP contribution in [0.2, 0.25) is 0 Å². The first kappa shape index (κ1) is 15.0. The topological polar surface area (TPSA) is 58.6 Å². The van der Waals surface area contributed by atoms with Gasteiger partial charge in [0.1, 0.15) is 0 Å². The molecule has 1 atom stereocenters. The first-order chi connectivity index (χ1) is 9.72. The Morgan fingerprint density at radius 3 is 3.10 bits per heavy atom. The summed E-state index contributed by atoms with van der Waals surface area (Å²) in [6.07, 6.45) is 1.71. The highest BCUT2D eigenvalue weighted by molar-refractivity contribution is 7.12. The molecule has 0 aliphatic carbocycles. The maximum Gasteiger partial charge on any atom is 0.263 e. The normalized spacial score (nSPS) is 18.9. The van der Waals surface area contributed by atoms with Crippen LogP contribution in [0.4, 0.5) is 0 Å². The van der Waals surface area contributed by atoms with Crippen LogP contribution in [0.15, 0.2) is 17.5 Å². The van der Waals surface area contributed by atoms with Gasteiger partial charge < -0.3 is 15.0 Å². The Morgan fingerprint density at radius 1 is 1.55 bits per heavy atom. The van der Waals surface area contributed by atoms with Gasteiger partial charge in [0.05, 0.1) is 17.4 Å². The van der Waals surface area contributed by atoms with Crippen LogP contribution in [0.1, 0.15) is 22.5 Å². The molecule has 0 radical (unpaired) electrons. The zero-order valence-electron chi connectivity index (χ0n) is 11.6. The predicted molar refractivity (Wildman–Crippen MR) is 77.8 cm³/mol. The SMILES string of the molecule is COCCNC(=O)[C@H]1CCCN(C(=O)c2cccs2)C1. The van der Waals surface area contributed by atoms with E-state index in [0.29, 0.717) is 19.7 Å². The number of thiophene rings is 1. The summed E-state index contributed by atoms with van der Waals surface area (Å²) < 4.78 is 4.91. The van der Waals surface area contributed by atoms with Gasteiger partial charge in [0.25, 0.3) is 5.91 Å². The standard InChI is InChI=1S/C14H20N2O3S/c1-19-8-6-15-13(17)11-4-2-7-16(10-11)14(18)12-5-3-9-20-12/h3,5,9,11H,2,4,6-8,10H2,1H3,(H,15,17)/t11-/m0/s1. The fraction of sp³-hybridized carbons (Fsp3) is 0.571. The van der Waals surface area contributed by atoms with E-state index in [4.69, 9.17) is 4.74 Å². The van der Waals surface area contributed by atoms with Crippen LogP contribution in [0.3, 0.4) is 0 Å². The Balaban J connectivity index is 1.88. The number of nitrogens with zero attached hydrogens (tertiary/aromatic N) is 1. The quantitative estimate of drug-likeness (QED) is 0.835. The monoisotopic (exact) mass is 296 g/mol. The van der Waals surface area contributed by atoms with Crippen molar-refractivity contribution in [2.45, 2.75) is 12.8 Å². The number of carbonyl (C=O) groups excluding carboxylic acids is 2. The molecule has 1 aliphatic rings. The molecule has 0 aromatic carbocycles. The van der Waals surface area contributed by atoms with E-state index >= 15 is 0 Å². The molecule has 2 amide bonds. The molecule has 1 saturated heterocycles.